The van der Waals surface area contributed by atoms with Crippen molar-refractivity contribution in [3.8, 4) is 11.3 Å². The molecule has 205 valence electrons. The van der Waals surface area contributed by atoms with Crippen LogP contribution in [-0.4, -0.2) is 29.1 Å². The van der Waals surface area contributed by atoms with Gasteiger partial charge in [0.05, 0.1) is 5.76 Å². The van der Waals surface area contributed by atoms with Crippen molar-refractivity contribution in [2.45, 2.75) is 57.3 Å². The molecule has 0 aliphatic rings. The fraction of sp³-hybridized carbons (Fsp3) is 0.273. The van der Waals surface area contributed by atoms with Crippen LogP contribution in [0.3, 0.4) is 0 Å². The van der Waals surface area contributed by atoms with Gasteiger partial charge < -0.3 is 5.11 Å². The van der Waals surface area contributed by atoms with E-state index in [0.29, 0.717) is 0 Å². The number of hydrogen-bond acceptors (Lipinski definition) is 4. The number of carbonyl (C=O) groups is 1. The van der Waals surface area contributed by atoms with Gasteiger partial charge >= 0.3 is 187 Å². The van der Waals surface area contributed by atoms with E-state index in [1.165, 1.54) is 40.7 Å². The van der Waals surface area contributed by atoms with Crippen LogP contribution in [0.2, 0.25) is 17.3 Å². The van der Waals surface area contributed by atoms with Crippen molar-refractivity contribution in [1.82, 2.24) is 4.98 Å². The number of rotatable bonds is 3. The van der Waals surface area contributed by atoms with E-state index in [0.717, 1.165) is 33.2 Å². The number of allylic oxidation sites excluding steroid dienone is 2. The van der Waals surface area contributed by atoms with Crippen LogP contribution in [0.4, 0.5) is 0 Å². The molecule has 1 radical (unpaired) electrons. The van der Waals surface area contributed by atoms with E-state index in [2.05, 4.69) is 98.7 Å². The Hall–Kier alpha value is -2.73. The first-order valence-electron chi connectivity index (χ1n) is 12.9. The second-order valence-corrected chi connectivity index (χ2v) is 22.5. The number of benzene rings is 3. The summed E-state index contributed by atoms with van der Waals surface area (Å²) in [6.45, 7) is 9.62. The van der Waals surface area contributed by atoms with E-state index < -0.39 is 13.3 Å². The van der Waals surface area contributed by atoms with Gasteiger partial charge in [-0.2, -0.15) is 0 Å². The maximum Gasteiger partial charge on any atom is 0 e. The molecule has 5 aromatic rings. The molecule has 0 saturated heterocycles. The van der Waals surface area contributed by atoms with Crippen molar-refractivity contribution >= 4 is 56.2 Å². The van der Waals surface area contributed by atoms with E-state index in [4.69, 9.17) is 14.5 Å². The molecule has 0 unspecified atom stereocenters. The molecular formula is C33H36GeIrNO3-. The van der Waals surface area contributed by atoms with Crippen molar-refractivity contribution in [3.05, 3.63) is 84.3 Å². The maximum atomic E-state index is 10.0. The van der Waals surface area contributed by atoms with Gasteiger partial charge in [0, 0.05) is 26.2 Å². The van der Waals surface area contributed by atoms with Crippen LogP contribution in [0.15, 0.2) is 77.0 Å². The summed E-state index contributed by atoms with van der Waals surface area (Å²) in [6, 6.07) is 23.2. The quantitative estimate of drug-likeness (QED) is 0.0869. The number of pyridine rings is 1. The van der Waals surface area contributed by atoms with Gasteiger partial charge in [0.25, 0.3) is 0 Å². The summed E-state index contributed by atoms with van der Waals surface area (Å²) >= 11 is -1.93. The van der Waals surface area contributed by atoms with E-state index >= 15 is 0 Å². The van der Waals surface area contributed by atoms with Gasteiger partial charge in [0.2, 0.25) is 0 Å². The first-order valence-corrected chi connectivity index (χ1v) is 20.3. The molecule has 4 nitrogen and oxygen atoms in total. The van der Waals surface area contributed by atoms with E-state index in [-0.39, 0.29) is 37.1 Å². The standard InChI is InChI=1S/C28H28GeNO.C5H8O2.Ir/c1-28(2,3)24-16-19(15-18-9-7-8-10-21(18)24)26-27-22(13-14-30-26)23-17-20(29(4,5)6)11-12-25(23)31-27;1-4(6)3-5(2)7;/h7-14,16-17H,1-6H3;3,6H,1-2H3;/q-1;;/b;4-3-;. The SMILES string of the molecule is CC(=O)/C=C(/C)O.CC(C)(C)c1cc(-c2nccc3c2oc2cc[c]([Ge]([CH3])([CH3])[CH3])cc23)[c-]c2ccccc12.[Ir]. The number of aliphatic hydroxyl groups excluding tert-OH is 1. The molecule has 1 N–H and O–H groups in total. The predicted octanol–water partition coefficient (Wildman–Crippen LogP) is 8.48. The molecule has 0 aliphatic heterocycles. The van der Waals surface area contributed by atoms with Gasteiger partial charge in [-0.25, -0.2) is 0 Å². The molecular weight excluding hydrogens is 723 g/mol. The summed E-state index contributed by atoms with van der Waals surface area (Å²) in [6.07, 6.45) is 3.07. The summed E-state index contributed by atoms with van der Waals surface area (Å²) in [7, 11) is 0. The fourth-order valence-corrected chi connectivity index (χ4v) is 7.07. The zero-order valence-electron chi connectivity index (χ0n) is 23.9. The Kier molecular flexibility index (Phi) is 9.32. The largest absolute Gasteiger partial charge is 0 e. The minimum Gasteiger partial charge on any atom is 0 e. The van der Waals surface area contributed by atoms with Crippen LogP contribution >= 0.6 is 0 Å². The molecule has 0 amide bonds. The monoisotopic (exact) mass is 761 g/mol. The molecule has 0 bridgehead atoms. The zero-order valence-corrected chi connectivity index (χ0v) is 28.4. The van der Waals surface area contributed by atoms with Gasteiger partial charge in [-0.3, -0.25) is 4.79 Å². The number of hydrogen-bond donors (Lipinski definition) is 1. The molecule has 2 heterocycles. The first-order chi connectivity index (χ1) is 17.8. The number of aromatic nitrogens is 1. The Labute approximate surface area is 247 Å². The second-order valence-electron chi connectivity index (χ2n) is 11.9. The molecule has 0 saturated carbocycles. The third kappa shape index (κ3) is 6.89. The van der Waals surface area contributed by atoms with Crippen LogP contribution in [-0.2, 0) is 30.3 Å². The second kappa shape index (κ2) is 11.8. The molecule has 0 spiro atoms. The Morgan fingerprint density at radius 2 is 1.67 bits per heavy atom. The van der Waals surface area contributed by atoms with Crippen LogP contribution in [0, 0.1) is 6.07 Å². The van der Waals surface area contributed by atoms with Gasteiger partial charge in [0.1, 0.15) is 0 Å². The molecule has 0 fully saturated rings. The van der Waals surface area contributed by atoms with Crippen LogP contribution in [0.1, 0.15) is 40.2 Å². The molecule has 39 heavy (non-hydrogen) atoms. The van der Waals surface area contributed by atoms with Gasteiger partial charge in [-0.15, -0.1) is 0 Å². The van der Waals surface area contributed by atoms with E-state index in [9.17, 15) is 4.79 Å². The van der Waals surface area contributed by atoms with Crippen molar-refractivity contribution in [2.75, 3.05) is 0 Å². The van der Waals surface area contributed by atoms with E-state index in [1.807, 2.05) is 6.20 Å². The van der Waals surface area contributed by atoms with Gasteiger partial charge in [-0.05, 0) is 13.8 Å². The van der Waals surface area contributed by atoms with Crippen molar-refractivity contribution in [3.63, 3.8) is 0 Å². The Balaban J connectivity index is 0.000000468. The molecule has 6 heteroatoms. The Bertz CT molecular complexity index is 1680. The molecule has 2 aromatic heterocycles. The van der Waals surface area contributed by atoms with Crippen molar-refractivity contribution < 1.29 is 34.4 Å². The average Bonchev–Trinajstić information content (AvgIpc) is 3.20. The minimum atomic E-state index is -1.93. The third-order valence-corrected chi connectivity index (χ3v) is 10.8. The summed E-state index contributed by atoms with van der Waals surface area (Å²) in [5.41, 5.74) is 4.94. The predicted molar refractivity (Wildman–Crippen MR) is 162 cm³/mol. The molecule has 0 atom stereocenters. The topological polar surface area (TPSA) is 63.3 Å². The average molecular weight is 759 g/mol. The maximum absolute atomic E-state index is 10.0. The van der Waals surface area contributed by atoms with Crippen LogP contribution in [0.25, 0.3) is 44.0 Å². The zero-order chi connectivity index (χ0) is 27.8. The van der Waals surface area contributed by atoms with E-state index in [1.54, 1.807) is 0 Å². The van der Waals surface area contributed by atoms with Gasteiger partial charge in [-0.1, -0.05) is 0 Å². The summed E-state index contributed by atoms with van der Waals surface area (Å²) in [5.74, 6) is 7.21. The number of aliphatic hydroxyl groups is 1. The summed E-state index contributed by atoms with van der Waals surface area (Å²) in [4.78, 5) is 14.8. The van der Waals surface area contributed by atoms with Crippen LogP contribution in [0.5, 0.6) is 0 Å². The molecule has 3 aromatic carbocycles. The van der Waals surface area contributed by atoms with Crippen molar-refractivity contribution in [2.24, 2.45) is 0 Å². The normalized spacial score (nSPS) is 12.3. The summed E-state index contributed by atoms with van der Waals surface area (Å²) < 4.78 is 7.87. The Morgan fingerprint density at radius 3 is 2.26 bits per heavy atom. The number of furan rings is 1. The fourth-order valence-electron chi connectivity index (χ4n) is 4.63. The smallest absolute Gasteiger partial charge is 0 e. The third-order valence-electron chi connectivity index (χ3n) is 6.50. The molecule has 0 aliphatic carbocycles. The first kappa shape index (κ1) is 30.8. The molecule has 5 rings (SSSR count). The minimum absolute atomic E-state index is 0. The Morgan fingerprint density at radius 1 is 0.974 bits per heavy atom. The number of fused-ring (bicyclic) bond motifs is 4. The number of ketones is 1. The summed E-state index contributed by atoms with van der Waals surface area (Å²) in [5, 5.41) is 13.0. The number of carbonyl (C=O) groups excluding carboxylic acids is 1. The van der Waals surface area contributed by atoms with Crippen LogP contribution < -0.4 is 4.40 Å². The number of nitrogens with zero attached hydrogens (tertiary/aromatic N) is 1. The van der Waals surface area contributed by atoms with Crippen molar-refractivity contribution in [1.29, 1.82) is 0 Å². The van der Waals surface area contributed by atoms with Gasteiger partial charge in [0.15, 0.2) is 5.78 Å².